The second-order valence-electron chi connectivity index (χ2n) is 10.9. The van der Waals surface area contributed by atoms with E-state index in [1.807, 2.05) is 74.6 Å². The molecule has 0 fully saturated rings. The number of hydrogen-bond donors (Lipinski definition) is 6. The number of aryl methyl sites for hydroxylation is 1. The molecule has 6 N–H and O–H groups in total. The van der Waals surface area contributed by atoms with Crippen molar-refractivity contribution in [3.63, 3.8) is 0 Å². The maximum Gasteiger partial charge on any atom is 0.253 e. The SMILES string of the molecule is C=CC(=O)Nc1cc(-c2c(-c3ccc(NCCNC)cc3)[nH]c3ncc(C(=O)NCc4ccc(NC(C)=O)cc4)cc23)ccc1C. The van der Waals surface area contributed by atoms with E-state index in [4.69, 9.17) is 0 Å². The smallest absolute Gasteiger partial charge is 0.253 e. The van der Waals surface area contributed by atoms with Gasteiger partial charge in [-0.1, -0.05) is 43.0 Å². The molecule has 5 aromatic rings. The van der Waals surface area contributed by atoms with Crippen LogP contribution in [0.25, 0.3) is 33.4 Å². The Morgan fingerprint density at radius 3 is 2.30 bits per heavy atom. The number of aromatic nitrogens is 2. The lowest BCUT2D eigenvalue weighted by Gasteiger charge is -2.12. The fourth-order valence-corrected chi connectivity index (χ4v) is 5.09. The molecule has 3 amide bonds. The number of likely N-dealkylation sites (N-methyl/N-ethyl adjacent to an activating group) is 1. The number of aromatic amines is 1. The van der Waals surface area contributed by atoms with Crippen LogP contribution in [-0.4, -0.2) is 47.8 Å². The average Bonchev–Trinajstić information content (AvgIpc) is 3.44. The van der Waals surface area contributed by atoms with Crippen molar-refractivity contribution in [2.24, 2.45) is 0 Å². The minimum absolute atomic E-state index is 0.145. The van der Waals surface area contributed by atoms with Crippen molar-refractivity contribution in [1.82, 2.24) is 20.6 Å². The van der Waals surface area contributed by atoms with Crippen molar-refractivity contribution in [3.8, 4) is 22.4 Å². The van der Waals surface area contributed by atoms with E-state index < -0.39 is 0 Å². The molecule has 10 heteroatoms. The molecule has 2 heterocycles. The van der Waals surface area contributed by atoms with E-state index in [1.54, 1.807) is 18.3 Å². The normalized spacial score (nSPS) is 10.8. The molecule has 0 saturated carbocycles. The number of hydrogen-bond acceptors (Lipinski definition) is 6. The quantitative estimate of drug-likeness (QED) is 0.0769. The molecule has 0 aliphatic carbocycles. The molecular formula is C36H37N7O3. The number of fused-ring (bicyclic) bond motifs is 1. The van der Waals surface area contributed by atoms with Gasteiger partial charge in [-0.15, -0.1) is 0 Å². The van der Waals surface area contributed by atoms with Gasteiger partial charge in [-0.3, -0.25) is 14.4 Å². The maximum atomic E-state index is 13.3. The Balaban J connectivity index is 1.50. The molecule has 46 heavy (non-hydrogen) atoms. The third-order valence-corrected chi connectivity index (χ3v) is 7.49. The molecule has 234 valence electrons. The molecule has 0 bridgehead atoms. The van der Waals surface area contributed by atoms with Crippen molar-refractivity contribution in [3.05, 3.63) is 108 Å². The third-order valence-electron chi connectivity index (χ3n) is 7.49. The van der Waals surface area contributed by atoms with Crippen LogP contribution in [0.3, 0.4) is 0 Å². The number of benzene rings is 3. The Morgan fingerprint density at radius 1 is 0.891 bits per heavy atom. The third kappa shape index (κ3) is 7.48. The lowest BCUT2D eigenvalue weighted by molar-refractivity contribution is -0.114. The summed E-state index contributed by atoms with van der Waals surface area (Å²) in [4.78, 5) is 44.9. The van der Waals surface area contributed by atoms with Gasteiger partial charge in [0.05, 0.1) is 11.3 Å². The van der Waals surface area contributed by atoms with Crippen LogP contribution in [-0.2, 0) is 16.1 Å². The van der Waals surface area contributed by atoms with Gasteiger partial charge in [-0.25, -0.2) is 4.98 Å². The summed E-state index contributed by atoms with van der Waals surface area (Å²) >= 11 is 0. The van der Waals surface area contributed by atoms with Gasteiger partial charge in [0.2, 0.25) is 11.8 Å². The number of nitrogens with one attached hydrogen (secondary N) is 6. The zero-order chi connectivity index (χ0) is 32.6. The summed E-state index contributed by atoms with van der Waals surface area (Å²) in [5, 5.41) is 15.9. The predicted octanol–water partition coefficient (Wildman–Crippen LogP) is 5.85. The second kappa shape index (κ2) is 14.4. The van der Waals surface area contributed by atoms with Crippen molar-refractivity contribution in [1.29, 1.82) is 0 Å². The second-order valence-corrected chi connectivity index (χ2v) is 10.9. The molecule has 0 radical (unpaired) electrons. The van der Waals surface area contributed by atoms with Crippen LogP contribution in [0.15, 0.2) is 91.6 Å². The summed E-state index contributed by atoms with van der Waals surface area (Å²) in [6.07, 6.45) is 2.79. The van der Waals surface area contributed by atoms with Gasteiger partial charge in [0.1, 0.15) is 5.65 Å². The average molecular weight is 616 g/mol. The highest BCUT2D eigenvalue weighted by Crippen LogP contribution is 2.39. The predicted molar refractivity (Wildman–Crippen MR) is 185 cm³/mol. The molecule has 0 spiro atoms. The van der Waals surface area contributed by atoms with E-state index in [9.17, 15) is 14.4 Å². The molecule has 0 unspecified atom stereocenters. The number of H-pyrrole nitrogens is 1. The summed E-state index contributed by atoms with van der Waals surface area (Å²) < 4.78 is 0. The van der Waals surface area contributed by atoms with Gasteiger partial charge in [0.15, 0.2) is 0 Å². The Kier molecular flexibility index (Phi) is 9.89. The summed E-state index contributed by atoms with van der Waals surface area (Å²) in [6.45, 7) is 8.91. The van der Waals surface area contributed by atoms with Gasteiger partial charge in [0.25, 0.3) is 5.91 Å². The van der Waals surface area contributed by atoms with Crippen molar-refractivity contribution in [2.45, 2.75) is 20.4 Å². The number of nitrogens with zero attached hydrogens (tertiary/aromatic N) is 1. The van der Waals surface area contributed by atoms with E-state index in [0.717, 1.165) is 57.7 Å². The van der Waals surface area contributed by atoms with Gasteiger partial charge < -0.3 is 31.6 Å². The molecular weight excluding hydrogens is 578 g/mol. The molecule has 5 rings (SSSR count). The molecule has 10 nitrogen and oxygen atoms in total. The topological polar surface area (TPSA) is 140 Å². The zero-order valence-corrected chi connectivity index (χ0v) is 26.1. The Labute approximate surface area is 267 Å². The highest BCUT2D eigenvalue weighted by Gasteiger charge is 2.19. The van der Waals surface area contributed by atoms with Crippen molar-refractivity contribution in [2.75, 3.05) is 36.1 Å². The number of rotatable bonds is 12. The lowest BCUT2D eigenvalue weighted by Crippen LogP contribution is -2.22. The number of anilines is 3. The molecule has 3 aromatic carbocycles. The van der Waals surface area contributed by atoms with Gasteiger partial charge in [-0.05, 0) is 78.7 Å². The number of pyridine rings is 1. The minimum Gasteiger partial charge on any atom is -0.384 e. The van der Waals surface area contributed by atoms with Crippen molar-refractivity contribution < 1.29 is 14.4 Å². The molecule has 2 aromatic heterocycles. The minimum atomic E-state index is -0.300. The van der Waals surface area contributed by atoms with E-state index in [1.165, 1.54) is 13.0 Å². The van der Waals surface area contributed by atoms with Crippen LogP contribution in [0.2, 0.25) is 0 Å². The fourth-order valence-electron chi connectivity index (χ4n) is 5.09. The first-order valence-corrected chi connectivity index (χ1v) is 15.0. The fraction of sp³-hybridized carbons (Fsp3) is 0.167. The summed E-state index contributed by atoms with van der Waals surface area (Å²) in [5.41, 5.74) is 8.67. The van der Waals surface area contributed by atoms with Crippen LogP contribution in [0.4, 0.5) is 17.1 Å². The molecule has 0 atom stereocenters. The van der Waals surface area contributed by atoms with E-state index in [-0.39, 0.29) is 17.7 Å². The Hall–Kier alpha value is -5.74. The van der Waals surface area contributed by atoms with E-state index >= 15 is 0 Å². The number of amides is 3. The van der Waals surface area contributed by atoms with Crippen LogP contribution < -0.4 is 26.6 Å². The van der Waals surface area contributed by atoms with Crippen LogP contribution in [0.1, 0.15) is 28.4 Å². The van der Waals surface area contributed by atoms with E-state index in [2.05, 4.69) is 43.1 Å². The van der Waals surface area contributed by atoms with Crippen LogP contribution in [0, 0.1) is 6.92 Å². The van der Waals surface area contributed by atoms with Gasteiger partial charge in [-0.2, -0.15) is 0 Å². The largest absolute Gasteiger partial charge is 0.384 e. The first kappa shape index (κ1) is 31.7. The van der Waals surface area contributed by atoms with Gasteiger partial charge >= 0.3 is 0 Å². The molecule has 0 saturated heterocycles. The van der Waals surface area contributed by atoms with Crippen LogP contribution >= 0.6 is 0 Å². The first-order valence-electron chi connectivity index (χ1n) is 15.0. The van der Waals surface area contributed by atoms with E-state index in [0.29, 0.717) is 29.1 Å². The van der Waals surface area contributed by atoms with Crippen LogP contribution in [0.5, 0.6) is 0 Å². The first-order chi connectivity index (χ1) is 22.2. The summed E-state index contributed by atoms with van der Waals surface area (Å²) in [6, 6.07) is 23.1. The highest BCUT2D eigenvalue weighted by molar-refractivity contribution is 6.07. The number of carbonyl (C=O) groups excluding carboxylic acids is 3. The zero-order valence-electron chi connectivity index (χ0n) is 26.1. The van der Waals surface area contributed by atoms with Gasteiger partial charge in [0, 0.05) is 60.8 Å². The number of carbonyl (C=O) groups is 3. The Bertz CT molecular complexity index is 1890. The molecule has 0 aliphatic heterocycles. The summed E-state index contributed by atoms with van der Waals surface area (Å²) in [5.74, 6) is -0.714. The molecule has 0 aliphatic rings. The highest BCUT2D eigenvalue weighted by atomic mass is 16.2. The maximum absolute atomic E-state index is 13.3. The Morgan fingerprint density at radius 2 is 1.61 bits per heavy atom. The monoisotopic (exact) mass is 615 g/mol. The van der Waals surface area contributed by atoms with Crippen molar-refractivity contribution >= 4 is 45.8 Å². The standard InChI is InChI=1S/C36H37N7O3/c1-5-32(45)42-31-19-26(9-6-22(31)2)33-30-18-27(36(46)40-20-24-7-12-29(13-8-24)41-23(3)44)21-39-35(30)43-34(33)25-10-14-28(15-11-25)38-17-16-37-4/h5-15,18-19,21,37-38H,1,16-17,20H2,2-4H3,(H,39,43)(H,40,46)(H,41,44)(H,42,45). The lowest BCUT2D eigenvalue weighted by atomic mass is 9.96. The summed E-state index contributed by atoms with van der Waals surface area (Å²) in [7, 11) is 1.92.